The second-order valence-corrected chi connectivity index (χ2v) is 5.31. The Kier molecular flexibility index (Phi) is 12.2. The molecule has 0 rings (SSSR count). The van der Waals surface area contributed by atoms with Crippen LogP contribution in [-0.4, -0.2) is 19.9 Å². The lowest BCUT2D eigenvalue weighted by atomic mass is 10.0. The van der Waals surface area contributed by atoms with E-state index in [1.807, 2.05) is 0 Å². The quantitative estimate of drug-likeness (QED) is 0.389. The Morgan fingerprint density at radius 3 is 1.89 bits per heavy atom. The summed E-state index contributed by atoms with van der Waals surface area (Å²) in [6.45, 7) is 5.06. The molecular weight excluding hydrogens is 228 g/mol. The van der Waals surface area contributed by atoms with Crippen molar-refractivity contribution < 1.29 is 14.3 Å². The number of carbonyl (C=O) groups is 1. The lowest BCUT2D eigenvalue weighted by molar-refractivity contribution is 0.0713. The van der Waals surface area contributed by atoms with E-state index in [0.717, 1.165) is 18.8 Å². The monoisotopic (exact) mass is 258 g/mol. The molecule has 0 spiro atoms. The summed E-state index contributed by atoms with van der Waals surface area (Å²) >= 11 is 0. The number of hydrogen-bond acceptors (Lipinski definition) is 3. The van der Waals surface area contributed by atoms with Crippen LogP contribution in [0.3, 0.4) is 0 Å². The number of methoxy groups -OCH3 is 1. The highest BCUT2D eigenvalue weighted by Gasteiger charge is 1.99. The fourth-order valence-electron chi connectivity index (χ4n) is 1.93. The maximum atomic E-state index is 10.7. The Morgan fingerprint density at radius 2 is 1.39 bits per heavy atom. The van der Waals surface area contributed by atoms with Crippen molar-refractivity contribution in [2.75, 3.05) is 13.7 Å². The summed E-state index contributed by atoms with van der Waals surface area (Å²) in [5.41, 5.74) is 0. The molecule has 18 heavy (non-hydrogen) atoms. The van der Waals surface area contributed by atoms with E-state index in [4.69, 9.17) is 4.74 Å². The topological polar surface area (TPSA) is 35.5 Å². The van der Waals surface area contributed by atoms with Crippen molar-refractivity contribution in [2.45, 2.75) is 71.6 Å². The van der Waals surface area contributed by atoms with Crippen LogP contribution in [0.25, 0.3) is 0 Å². The van der Waals surface area contributed by atoms with Gasteiger partial charge in [0.15, 0.2) is 0 Å². The van der Waals surface area contributed by atoms with Crippen molar-refractivity contribution in [3.8, 4) is 0 Å². The fraction of sp³-hybridized carbons (Fsp3) is 0.933. The molecule has 0 aromatic heterocycles. The number of ether oxygens (including phenoxy) is 2. The fourth-order valence-corrected chi connectivity index (χ4v) is 1.93. The molecule has 3 heteroatoms. The van der Waals surface area contributed by atoms with Gasteiger partial charge in [0.05, 0.1) is 13.7 Å². The SMILES string of the molecule is COC(=O)OCCCCCCCCCCC(C)C. The molecule has 0 amide bonds. The summed E-state index contributed by atoms with van der Waals surface area (Å²) in [5, 5.41) is 0. The van der Waals surface area contributed by atoms with Crippen molar-refractivity contribution in [1.82, 2.24) is 0 Å². The zero-order valence-corrected chi connectivity index (χ0v) is 12.4. The molecule has 0 saturated heterocycles. The molecule has 0 N–H and O–H groups in total. The smallest absolute Gasteiger partial charge is 0.438 e. The van der Waals surface area contributed by atoms with Crippen LogP contribution in [0.15, 0.2) is 0 Å². The van der Waals surface area contributed by atoms with Gasteiger partial charge in [0.25, 0.3) is 0 Å². The number of rotatable bonds is 11. The number of hydrogen-bond donors (Lipinski definition) is 0. The van der Waals surface area contributed by atoms with Crippen LogP contribution in [0.5, 0.6) is 0 Å². The summed E-state index contributed by atoms with van der Waals surface area (Å²) < 4.78 is 9.20. The molecule has 0 radical (unpaired) electrons. The standard InChI is InChI=1S/C15H30O3/c1-14(2)12-10-8-6-4-5-7-9-11-13-18-15(16)17-3/h14H,4-13H2,1-3H3. The van der Waals surface area contributed by atoms with Gasteiger partial charge < -0.3 is 9.47 Å². The van der Waals surface area contributed by atoms with Gasteiger partial charge in [0, 0.05) is 0 Å². The zero-order chi connectivity index (χ0) is 13.6. The molecule has 0 saturated carbocycles. The Bertz CT molecular complexity index is 190. The molecule has 0 fully saturated rings. The molecule has 0 aliphatic heterocycles. The molecule has 0 aromatic carbocycles. The van der Waals surface area contributed by atoms with Gasteiger partial charge in [0.2, 0.25) is 0 Å². The largest absolute Gasteiger partial charge is 0.507 e. The van der Waals surface area contributed by atoms with E-state index in [1.165, 1.54) is 52.1 Å². The van der Waals surface area contributed by atoms with Gasteiger partial charge in [-0.15, -0.1) is 0 Å². The van der Waals surface area contributed by atoms with Gasteiger partial charge in [-0.3, -0.25) is 0 Å². The van der Waals surface area contributed by atoms with Crippen molar-refractivity contribution >= 4 is 6.16 Å². The molecule has 108 valence electrons. The molecule has 0 atom stereocenters. The second-order valence-electron chi connectivity index (χ2n) is 5.31. The van der Waals surface area contributed by atoms with Gasteiger partial charge in [-0.2, -0.15) is 0 Å². The molecule has 0 heterocycles. The molecule has 0 aromatic rings. The predicted molar refractivity (Wildman–Crippen MR) is 74.7 cm³/mol. The van der Waals surface area contributed by atoms with Crippen LogP contribution in [0.4, 0.5) is 4.79 Å². The minimum Gasteiger partial charge on any atom is -0.438 e. The maximum Gasteiger partial charge on any atom is 0.507 e. The first-order valence-electron chi connectivity index (χ1n) is 7.37. The maximum absolute atomic E-state index is 10.7. The Hall–Kier alpha value is -0.730. The molecule has 0 aliphatic carbocycles. The molecular formula is C15H30O3. The number of unbranched alkanes of at least 4 members (excludes halogenated alkanes) is 7. The normalized spacial score (nSPS) is 10.7. The van der Waals surface area contributed by atoms with Crippen LogP contribution in [0, 0.1) is 5.92 Å². The molecule has 0 unspecified atom stereocenters. The summed E-state index contributed by atoms with van der Waals surface area (Å²) in [4.78, 5) is 10.7. The third kappa shape index (κ3) is 13.3. The van der Waals surface area contributed by atoms with E-state index >= 15 is 0 Å². The van der Waals surface area contributed by atoms with E-state index in [-0.39, 0.29) is 0 Å². The number of carbonyl (C=O) groups excluding carboxylic acids is 1. The summed E-state index contributed by atoms with van der Waals surface area (Å²) in [6, 6.07) is 0. The zero-order valence-electron chi connectivity index (χ0n) is 12.4. The molecule has 3 nitrogen and oxygen atoms in total. The minimum absolute atomic E-state index is 0.487. The third-order valence-corrected chi connectivity index (χ3v) is 3.06. The first kappa shape index (κ1) is 17.3. The van der Waals surface area contributed by atoms with Crippen molar-refractivity contribution in [3.05, 3.63) is 0 Å². The Labute approximate surface area is 112 Å². The van der Waals surface area contributed by atoms with Crippen LogP contribution < -0.4 is 0 Å². The molecule has 0 aliphatic rings. The second kappa shape index (κ2) is 12.7. The highest BCUT2D eigenvalue weighted by molar-refractivity contribution is 5.59. The van der Waals surface area contributed by atoms with E-state index in [1.54, 1.807) is 0 Å². The van der Waals surface area contributed by atoms with E-state index in [9.17, 15) is 4.79 Å². The lowest BCUT2D eigenvalue weighted by Crippen LogP contribution is -2.05. The van der Waals surface area contributed by atoms with E-state index in [0.29, 0.717) is 6.61 Å². The minimum atomic E-state index is -0.569. The highest BCUT2D eigenvalue weighted by Crippen LogP contribution is 2.12. The Balaban J connectivity index is 3.01. The first-order chi connectivity index (χ1) is 8.66. The predicted octanol–water partition coefficient (Wildman–Crippen LogP) is 4.94. The van der Waals surface area contributed by atoms with Crippen LogP contribution in [-0.2, 0) is 9.47 Å². The summed E-state index contributed by atoms with van der Waals surface area (Å²) in [5.74, 6) is 0.847. The third-order valence-electron chi connectivity index (χ3n) is 3.06. The van der Waals surface area contributed by atoms with Gasteiger partial charge in [0.1, 0.15) is 0 Å². The van der Waals surface area contributed by atoms with Crippen molar-refractivity contribution in [2.24, 2.45) is 5.92 Å². The van der Waals surface area contributed by atoms with E-state index < -0.39 is 6.16 Å². The van der Waals surface area contributed by atoms with Gasteiger partial charge in [-0.05, 0) is 12.3 Å². The van der Waals surface area contributed by atoms with Gasteiger partial charge >= 0.3 is 6.16 Å². The summed E-state index contributed by atoms with van der Waals surface area (Å²) in [7, 11) is 1.33. The Morgan fingerprint density at radius 1 is 0.889 bits per heavy atom. The van der Waals surface area contributed by atoms with Gasteiger partial charge in [-0.1, -0.05) is 65.2 Å². The lowest BCUT2D eigenvalue weighted by Gasteiger charge is -2.05. The average Bonchev–Trinajstić information content (AvgIpc) is 2.35. The van der Waals surface area contributed by atoms with E-state index in [2.05, 4.69) is 18.6 Å². The van der Waals surface area contributed by atoms with Crippen LogP contribution >= 0.6 is 0 Å². The van der Waals surface area contributed by atoms with Crippen molar-refractivity contribution in [1.29, 1.82) is 0 Å². The summed E-state index contributed by atoms with van der Waals surface area (Å²) in [6.07, 6.45) is 10.9. The first-order valence-corrected chi connectivity index (χ1v) is 7.37. The average molecular weight is 258 g/mol. The van der Waals surface area contributed by atoms with Gasteiger partial charge in [-0.25, -0.2) is 4.79 Å². The van der Waals surface area contributed by atoms with Crippen LogP contribution in [0.1, 0.15) is 71.6 Å². The highest BCUT2D eigenvalue weighted by atomic mass is 16.7. The molecule has 0 bridgehead atoms. The van der Waals surface area contributed by atoms with Crippen molar-refractivity contribution in [3.63, 3.8) is 0 Å². The van der Waals surface area contributed by atoms with Crippen LogP contribution in [0.2, 0.25) is 0 Å².